The third-order valence-corrected chi connectivity index (χ3v) is 6.51. The topological polar surface area (TPSA) is 93.7 Å². The molecule has 0 saturated heterocycles. The molecule has 0 atom stereocenters. The third-order valence-electron chi connectivity index (χ3n) is 5.11. The average molecular weight is 469 g/mol. The molecule has 1 amide bonds. The number of carbonyl (C=O) groups is 1. The van der Waals surface area contributed by atoms with E-state index in [2.05, 4.69) is 10.0 Å². The molecule has 8 heteroatoms. The van der Waals surface area contributed by atoms with Gasteiger partial charge in [0.25, 0.3) is 15.9 Å². The van der Waals surface area contributed by atoms with Gasteiger partial charge in [0, 0.05) is 17.8 Å². The van der Waals surface area contributed by atoms with Crippen molar-refractivity contribution < 1.29 is 22.7 Å². The van der Waals surface area contributed by atoms with Crippen LogP contribution < -0.4 is 19.5 Å². The molecule has 3 rings (SSSR count). The summed E-state index contributed by atoms with van der Waals surface area (Å²) in [5.41, 5.74) is 2.83. The summed E-state index contributed by atoms with van der Waals surface area (Å²) in [5, 5.41) is 2.84. The highest BCUT2D eigenvalue weighted by molar-refractivity contribution is 7.92. The molecule has 0 fully saturated rings. The summed E-state index contributed by atoms with van der Waals surface area (Å²) in [7, 11) is -0.945. The number of methoxy groups -OCH3 is 2. The predicted molar refractivity (Wildman–Crippen MR) is 129 cm³/mol. The highest BCUT2D eigenvalue weighted by Gasteiger charge is 2.22. The van der Waals surface area contributed by atoms with Gasteiger partial charge in [-0.3, -0.25) is 9.52 Å². The van der Waals surface area contributed by atoms with Gasteiger partial charge in [0.15, 0.2) is 0 Å². The standard InChI is InChI=1S/C25H28N2O5S/c1-18-6-11-21(12-7-18)27-33(29,30)24-17-20(10-15-23(24)32-3)25(28)26-16-4-5-19-8-13-22(31-2)14-9-19/h6-15,17,27H,4-5,16H2,1-3H3,(H,26,28). The van der Waals surface area contributed by atoms with Crippen molar-refractivity contribution in [2.75, 3.05) is 25.5 Å². The van der Waals surface area contributed by atoms with Crippen LogP contribution in [0.15, 0.2) is 71.6 Å². The summed E-state index contributed by atoms with van der Waals surface area (Å²) in [6.07, 6.45) is 1.54. The normalized spacial score (nSPS) is 11.0. The van der Waals surface area contributed by atoms with Crippen molar-refractivity contribution in [2.45, 2.75) is 24.7 Å². The van der Waals surface area contributed by atoms with Gasteiger partial charge >= 0.3 is 0 Å². The molecule has 0 bridgehead atoms. The predicted octanol–water partition coefficient (Wildman–Crippen LogP) is 4.18. The Morgan fingerprint density at radius 1 is 0.909 bits per heavy atom. The summed E-state index contributed by atoms with van der Waals surface area (Å²) in [4.78, 5) is 12.5. The Kier molecular flexibility index (Phi) is 7.95. The minimum atomic E-state index is -3.96. The van der Waals surface area contributed by atoms with Crippen LogP contribution in [0.25, 0.3) is 0 Å². The van der Waals surface area contributed by atoms with E-state index in [-0.39, 0.29) is 22.1 Å². The zero-order chi connectivity index (χ0) is 23.8. The first kappa shape index (κ1) is 24.1. The van der Waals surface area contributed by atoms with Crippen LogP contribution in [0, 0.1) is 6.92 Å². The zero-order valence-corrected chi connectivity index (χ0v) is 19.7. The number of nitrogens with one attached hydrogen (secondary N) is 2. The van der Waals surface area contributed by atoms with Crippen LogP contribution >= 0.6 is 0 Å². The zero-order valence-electron chi connectivity index (χ0n) is 18.9. The van der Waals surface area contributed by atoms with Crippen molar-refractivity contribution in [3.05, 3.63) is 83.4 Å². The van der Waals surface area contributed by atoms with Crippen molar-refractivity contribution in [3.63, 3.8) is 0 Å². The minimum absolute atomic E-state index is 0.101. The van der Waals surface area contributed by atoms with Crippen molar-refractivity contribution in [2.24, 2.45) is 0 Å². The lowest BCUT2D eigenvalue weighted by Crippen LogP contribution is -2.25. The number of anilines is 1. The number of ether oxygens (including phenoxy) is 2. The van der Waals surface area contributed by atoms with Gasteiger partial charge in [-0.1, -0.05) is 29.8 Å². The Balaban J connectivity index is 1.65. The molecule has 0 spiro atoms. The lowest BCUT2D eigenvalue weighted by molar-refractivity contribution is 0.0953. The monoisotopic (exact) mass is 468 g/mol. The van der Waals surface area contributed by atoms with E-state index in [0.717, 1.165) is 29.7 Å². The smallest absolute Gasteiger partial charge is 0.265 e. The highest BCUT2D eigenvalue weighted by Crippen LogP contribution is 2.27. The number of aryl methyl sites for hydroxylation is 2. The molecule has 0 aliphatic carbocycles. The largest absolute Gasteiger partial charge is 0.497 e. The molecular weight excluding hydrogens is 440 g/mol. The van der Waals surface area contributed by atoms with Gasteiger partial charge < -0.3 is 14.8 Å². The minimum Gasteiger partial charge on any atom is -0.497 e. The Labute approximate surface area is 194 Å². The molecule has 0 unspecified atom stereocenters. The van der Waals surface area contributed by atoms with E-state index >= 15 is 0 Å². The number of benzene rings is 3. The molecule has 0 saturated carbocycles. The molecule has 33 heavy (non-hydrogen) atoms. The summed E-state index contributed by atoms with van der Waals surface area (Å²) in [5.74, 6) is 0.610. The maximum Gasteiger partial charge on any atom is 0.265 e. The number of amides is 1. The number of hydrogen-bond acceptors (Lipinski definition) is 5. The van der Waals surface area contributed by atoms with Gasteiger partial charge in [-0.05, 0) is 67.8 Å². The van der Waals surface area contributed by atoms with E-state index in [1.807, 2.05) is 43.3 Å². The Hall–Kier alpha value is -3.52. The van der Waals surface area contributed by atoms with Crippen molar-refractivity contribution in [1.82, 2.24) is 5.32 Å². The molecule has 0 aliphatic heterocycles. The van der Waals surface area contributed by atoms with Crippen LogP contribution in [0.1, 0.15) is 27.9 Å². The lowest BCUT2D eigenvalue weighted by atomic mass is 10.1. The Morgan fingerprint density at radius 3 is 2.24 bits per heavy atom. The number of hydrogen-bond donors (Lipinski definition) is 2. The number of sulfonamides is 1. The maximum atomic E-state index is 13.0. The molecule has 3 aromatic carbocycles. The summed E-state index contributed by atoms with van der Waals surface area (Å²) < 4.78 is 38.9. The van der Waals surface area contributed by atoms with E-state index in [1.54, 1.807) is 25.3 Å². The van der Waals surface area contributed by atoms with E-state index < -0.39 is 10.0 Å². The van der Waals surface area contributed by atoms with Crippen molar-refractivity contribution in [1.29, 1.82) is 0 Å². The Morgan fingerprint density at radius 2 is 1.61 bits per heavy atom. The van der Waals surface area contributed by atoms with E-state index in [0.29, 0.717) is 12.2 Å². The molecule has 2 N–H and O–H groups in total. The third kappa shape index (κ3) is 6.49. The lowest BCUT2D eigenvalue weighted by Gasteiger charge is -2.13. The van der Waals surface area contributed by atoms with Crippen molar-refractivity contribution in [3.8, 4) is 11.5 Å². The second kappa shape index (κ2) is 10.9. The van der Waals surface area contributed by atoms with Crippen LogP contribution in [0.3, 0.4) is 0 Å². The van der Waals surface area contributed by atoms with E-state index in [9.17, 15) is 13.2 Å². The van der Waals surface area contributed by atoms with Crippen LogP contribution in [0.4, 0.5) is 5.69 Å². The quantitative estimate of drug-likeness (QED) is 0.436. The van der Waals surface area contributed by atoms with Gasteiger partial charge in [-0.25, -0.2) is 8.42 Å². The molecule has 0 radical (unpaired) electrons. The van der Waals surface area contributed by atoms with Gasteiger partial charge in [-0.2, -0.15) is 0 Å². The molecule has 3 aromatic rings. The fourth-order valence-electron chi connectivity index (χ4n) is 3.25. The van der Waals surface area contributed by atoms with E-state index in [4.69, 9.17) is 9.47 Å². The molecule has 0 aromatic heterocycles. The van der Waals surface area contributed by atoms with Crippen LogP contribution in [0.2, 0.25) is 0 Å². The molecular formula is C25H28N2O5S. The number of rotatable bonds is 10. The van der Waals surface area contributed by atoms with Crippen LogP contribution in [-0.2, 0) is 16.4 Å². The van der Waals surface area contributed by atoms with Gasteiger partial charge in [0.2, 0.25) is 0 Å². The van der Waals surface area contributed by atoms with Crippen molar-refractivity contribution >= 4 is 21.6 Å². The summed E-state index contributed by atoms with van der Waals surface area (Å²) >= 11 is 0. The van der Waals surface area contributed by atoms with Gasteiger partial charge in [-0.15, -0.1) is 0 Å². The summed E-state index contributed by atoms with van der Waals surface area (Å²) in [6, 6.07) is 19.1. The Bertz CT molecular complexity index is 1190. The van der Waals surface area contributed by atoms with Gasteiger partial charge in [0.05, 0.1) is 14.2 Å². The first-order chi connectivity index (χ1) is 15.8. The molecule has 174 valence electrons. The van der Waals surface area contributed by atoms with Crippen LogP contribution in [0.5, 0.6) is 11.5 Å². The summed E-state index contributed by atoms with van der Waals surface area (Å²) in [6.45, 7) is 2.38. The fraction of sp³-hybridized carbons (Fsp3) is 0.240. The average Bonchev–Trinajstić information content (AvgIpc) is 2.83. The fourth-order valence-corrected chi connectivity index (χ4v) is 4.50. The number of carbonyl (C=O) groups excluding carboxylic acids is 1. The maximum absolute atomic E-state index is 13.0. The SMILES string of the molecule is COc1ccc(CCCNC(=O)c2ccc(OC)c(S(=O)(=O)Nc3ccc(C)cc3)c2)cc1. The highest BCUT2D eigenvalue weighted by atomic mass is 32.2. The first-order valence-electron chi connectivity index (χ1n) is 10.5. The van der Waals surface area contributed by atoms with E-state index in [1.165, 1.54) is 19.2 Å². The van der Waals surface area contributed by atoms with Crippen LogP contribution in [-0.4, -0.2) is 35.1 Å². The van der Waals surface area contributed by atoms with Gasteiger partial charge in [0.1, 0.15) is 16.4 Å². The molecule has 0 heterocycles. The molecule has 0 aliphatic rings. The second-order valence-electron chi connectivity index (χ2n) is 7.54. The second-order valence-corrected chi connectivity index (χ2v) is 9.20. The first-order valence-corrected chi connectivity index (χ1v) is 12.0. The molecule has 7 nitrogen and oxygen atoms in total.